The lowest BCUT2D eigenvalue weighted by molar-refractivity contribution is -0.385. The van der Waals surface area contributed by atoms with Gasteiger partial charge in [-0.2, -0.15) is 13.2 Å². The lowest BCUT2D eigenvalue weighted by atomic mass is 10.1. The summed E-state index contributed by atoms with van der Waals surface area (Å²) in [5.74, 6) is -2.04. The number of hydrogen-bond donors (Lipinski definition) is 1. The molecule has 0 saturated carbocycles. The highest BCUT2D eigenvalue weighted by molar-refractivity contribution is 5.98. The molecule has 1 amide bonds. The van der Waals surface area contributed by atoms with Crippen LogP contribution in [0.1, 0.15) is 23.7 Å². The van der Waals surface area contributed by atoms with Gasteiger partial charge in [-0.15, -0.1) is 0 Å². The molecule has 0 aromatic heterocycles. The van der Waals surface area contributed by atoms with E-state index in [1.165, 1.54) is 0 Å². The van der Waals surface area contributed by atoms with Crippen molar-refractivity contribution in [3.8, 4) is 5.75 Å². The molecule has 1 aromatic carbocycles. The van der Waals surface area contributed by atoms with Crippen LogP contribution in [-0.2, 0) is 0 Å². The molecule has 1 N–H and O–H groups in total. The van der Waals surface area contributed by atoms with Gasteiger partial charge in [0.15, 0.2) is 0 Å². The number of phenolic OH excluding ortho intramolecular Hbond substituents is 1. The molecular weight excluding hydrogens is 293 g/mol. The highest BCUT2D eigenvalue weighted by atomic mass is 19.4. The first kappa shape index (κ1) is 16.7. The molecule has 0 atom stereocenters. The van der Waals surface area contributed by atoms with Crippen molar-refractivity contribution in [1.82, 2.24) is 4.90 Å². The summed E-state index contributed by atoms with van der Waals surface area (Å²) in [5.41, 5.74) is -1.26. The quantitative estimate of drug-likeness (QED) is 0.669. The van der Waals surface area contributed by atoms with E-state index in [9.17, 15) is 33.2 Å². The Morgan fingerprint density at radius 2 is 2.05 bits per heavy atom. The predicted molar refractivity (Wildman–Crippen MR) is 67.0 cm³/mol. The van der Waals surface area contributed by atoms with Crippen molar-refractivity contribution in [3.63, 3.8) is 0 Å². The monoisotopic (exact) mass is 306 g/mol. The molecule has 0 aliphatic heterocycles. The number of halogens is 3. The average Bonchev–Trinajstić information content (AvgIpc) is 2.36. The second-order valence-electron chi connectivity index (χ2n) is 4.27. The van der Waals surface area contributed by atoms with Crippen molar-refractivity contribution in [2.75, 3.05) is 13.1 Å². The third kappa shape index (κ3) is 4.33. The lowest BCUT2D eigenvalue weighted by Crippen LogP contribution is -2.39. The SMILES string of the molecule is CCCN(CC(F)(F)F)C(=O)c1cccc([N+](=O)[O-])c1O. The molecule has 0 saturated heterocycles. The van der Waals surface area contributed by atoms with E-state index in [1.54, 1.807) is 6.92 Å². The first-order chi connectivity index (χ1) is 9.67. The smallest absolute Gasteiger partial charge is 0.406 e. The summed E-state index contributed by atoms with van der Waals surface area (Å²) < 4.78 is 37.3. The largest absolute Gasteiger partial charge is 0.502 e. The van der Waals surface area contributed by atoms with Crippen LogP contribution >= 0.6 is 0 Å². The highest BCUT2D eigenvalue weighted by Crippen LogP contribution is 2.30. The van der Waals surface area contributed by atoms with Crippen LogP contribution in [0.25, 0.3) is 0 Å². The van der Waals surface area contributed by atoms with Crippen LogP contribution in [0.4, 0.5) is 18.9 Å². The fourth-order valence-electron chi connectivity index (χ4n) is 1.76. The van der Waals surface area contributed by atoms with Crippen LogP contribution in [0, 0.1) is 10.1 Å². The first-order valence-electron chi connectivity index (χ1n) is 5.99. The number of nitro benzene ring substituents is 1. The maximum absolute atomic E-state index is 12.4. The number of amides is 1. The standard InChI is InChI=1S/C12H13F3N2O4/c1-2-6-16(7-12(13,14)15)11(19)8-4-3-5-9(10(8)18)17(20)21/h3-5,18H,2,6-7H2,1H3. The molecule has 0 fully saturated rings. The van der Waals surface area contributed by atoms with Gasteiger partial charge in [0.05, 0.1) is 10.5 Å². The lowest BCUT2D eigenvalue weighted by Gasteiger charge is -2.23. The maximum Gasteiger partial charge on any atom is 0.406 e. The van der Waals surface area contributed by atoms with E-state index < -0.39 is 40.6 Å². The first-order valence-corrected chi connectivity index (χ1v) is 5.99. The minimum Gasteiger partial charge on any atom is -0.502 e. The van der Waals surface area contributed by atoms with Gasteiger partial charge in [-0.25, -0.2) is 0 Å². The molecule has 0 bridgehead atoms. The molecule has 116 valence electrons. The molecule has 21 heavy (non-hydrogen) atoms. The Kier molecular flexibility index (Phi) is 5.12. The molecule has 0 heterocycles. The number of carbonyl (C=O) groups is 1. The fraction of sp³-hybridized carbons (Fsp3) is 0.417. The van der Waals surface area contributed by atoms with Gasteiger partial charge in [0.1, 0.15) is 6.54 Å². The number of nitro groups is 1. The van der Waals surface area contributed by atoms with Gasteiger partial charge in [0.25, 0.3) is 5.91 Å². The zero-order valence-electron chi connectivity index (χ0n) is 11.1. The number of alkyl halides is 3. The number of nitrogens with zero attached hydrogens (tertiary/aromatic N) is 2. The van der Waals surface area contributed by atoms with E-state index in [0.29, 0.717) is 4.90 Å². The summed E-state index contributed by atoms with van der Waals surface area (Å²) in [5, 5.41) is 20.3. The van der Waals surface area contributed by atoms with Gasteiger partial charge in [0.2, 0.25) is 5.75 Å². The number of benzene rings is 1. The van der Waals surface area contributed by atoms with Crippen molar-refractivity contribution in [3.05, 3.63) is 33.9 Å². The topological polar surface area (TPSA) is 83.7 Å². The van der Waals surface area contributed by atoms with E-state index in [4.69, 9.17) is 0 Å². The highest BCUT2D eigenvalue weighted by Gasteiger charge is 2.34. The van der Waals surface area contributed by atoms with Gasteiger partial charge in [-0.3, -0.25) is 14.9 Å². The summed E-state index contributed by atoms with van der Waals surface area (Å²) in [4.78, 5) is 22.3. The molecular formula is C12H13F3N2O4. The zero-order valence-corrected chi connectivity index (χ0v) is 11.1. The molecule has 0 radical (unpaired) electrons. The Labute approximate surface area is 117 Å². The maximum atomic E-state index is 12.4. The van der Waals surface area contributed by atoms with Crippen LogP contribution in [0.5, 0.6) is 5.75 Å². The second-order valence-corrected chi connectivity index (χ2v) is 4.27. The zero-order chi connectivity index (χ0) is 16.2. The number of aromatic hydroxyl groups is 1. The van der Waals surface area contributed by atoms with Gasteiger partial charge >= 0.3 is 11.9 Å². The Morgan fingerprint density at radius 1 is 1.43 bits per heavy atom. The Hall–Kier alpha value is -2.32. The molecule has 1 aromatic rings. The molecule has 6 nitrogen and oxygen atoms in total. The van der Waals surface area contributed by atoms with E-state index in [0.717, 1.165) is 18.2 Å². The van der Waals surface area contributed by atoms with Crippen molar-refractivity contribution in [2.45, 2.75) is 19.5 Å². The number of phenols is 1. The summed E-state index contributed by atoms with van der Waals surface area (Å²) in [7, 11) is 0. The summed E-state index contributed by atoms with van der Waals surface area (Å²) >= 11 is 0. The van der Waals surface area contributed by atoms with Crippen molar-refractivity contribution < 1.29 is 28.0 Å². The van der Waals surface area contributed by atoms with E-state index in [-0.39, 0.29) is 13.0 Å². The van der Waals surface area contributed by atoms with Crippen LogP contribution in [0.15, 0.2) is 18.2 Å². The molecule has 0 spiro atoms. The normalized spacial score (nSPS) is 11.2. The number of para-hydroxylation sites is 1. The van der Waals surface area contributed by atoms with Crippen LogP contribution in [0.2, 0.25) is 0 Å². The van der Waals surface area contributed by atoms with Gasteiger partial charge in [-0.05, 0) is 12.5 Å². The van der Waals surface area contributed by atoms with E-state index in [1.807, 2.05) is 0 Å². The Balaban J connectivity index is 3.15. The van der Waals surface area contributed by atoms with E-state index in [2.05, 4.69) is 0 Å². The molecule has 9 heteroatoms. The van der Waals surface area contributed by atoms with Crippen molar-refractivity contribution in [2.24, 2.45) is 0 Å². The minimum atomic E-state index is -4.60. The summed E-state index contributed by atoms with van der Waals surface area (Å²) in [6, 6.07) is 3.13. The van der Waals surface area contributed by atoms with Crippen molar-refractivity contribution >= 4 is 11.6 Å². The minimum absolute atomic E-state index is 0.180. The second kappa shape index (κ2) is 6.42. The van der Waals surface area contributed by atoms with Crippen LogP contribution in [0.3, 0.4) is 0 Å². The molecule has 1 rings (SSSR count). The summed E-state index contributed by atoms with van der Waals surface area (Å²) in [6.07, 6.45) is -4.32. The third-order valence-corrected chi connectivity index (χ3v) is 2.59. The fourth-order valence-corrected chi connectivity index (χ4v) is 1.76. The van der Waals surface area contributed by atoms with Gasteiger partial charge < -0.3 is 10.0 Å². The van der Waals surface area contributed by atoms with Crippen molar-refractivity contribution in [1.29, 1.82) is 0 Å². The van der Waals surface area contributed by atoms with Gasteiger partial charge in [-0.1, -0.05) is 13.0 Å². The van der Waals surface area contributed by atoms with Gasteiger partial charge in [0, 0.05) is 12.6 Å². The molecule has 0 aliphatic carbocycles. The summed E-state index contributed by atoms with van der Waals surface area (Å²) in [6.45, 7) is -0.0771. The third-order valence-electron chi connectivity index (χ3n) is 2.59. The Bertz CT molecular complexity index is 546. The molecule has 0 aliphatic rings. The van der Waals surface area contributed by atoms with Crippen LogP contribution in [-0.4, -0.2) is 40.1 Å². The number of rotatable bonds is 5. The van der Waals surface area contributed by atoms with Crippen LogP contribution < -0.4 is 0 Å². The molecule has 0 unspecified atom stereocenters. The number of carbonyl (C=O) groups excluding carboxylic acids is 1. The average molecular weight is 306 g/mol. The van der Waals surface area contributed by atoms with E-state index >= 15 is 0 Å². The predicted octanol–water partition coefficient (Wildman–Crippen LogP) is 2.71. The number of hydrogen-bond acceptors (Lipinski definition) is 4. The Morgan fingerprint density at radius 3 is 2.52 bits per heavy atom.